The Kier molecular flexibility index (Phi) is 5.16. The first kappa shape index (κ1) is 18.6. The molecule has 0 spiro atoms. The van der Waals surface area contributed by atoms with E-state index in [1.54, 1.807) is 31.2 Å². The van der Waals surface area contributed by atoms with Gasteiger partial charge in [0.15, 0.2) is 11.5 Å². The minimum Gasteiger partial charge on any atom is -0.493 e. The van der Waals surface area contributed by atoms with E-state index >= 15 is 0 Å². The first-order valence-electron chi connectivity index (χ1n) is 9.21. The second kappa shape index (κ2) is 8.06. The molecule has 4 rings (SSSR count). The molecule has 0 fully saturated rings. The smallest absolute Gasteiger partial charge is 0.256 e. The van der Waals surface area contributed by atoms with E-state index in [0.29, 0.717) is 29.4 Å². The van der Waals surface area contributed by atoms with Crippen LogP contribution in [0.4, 0.5) is 5.82 Å². The maximum absolute atomic E-state index is 12.8. The van der Waals surface area contributed by atoms with Gasteiger partial charge in [0.2, 0.25) is 0 Å². The van der Waals surface area contributed by atoms with Crippen molar-refractivity contribution in [3.63, 3.8) is 0 Å². The van der Waals surface area contributed by atoms with Gasteiger partial charge in [0, 0.05) is 17.2 Å². The highest BCUT2D eigenvalue weighted by Crippen LogP contribution is 2.31. The summed E-state index contributed by atoms with van der Waals surface area (Å²) in [5, 5.41) is 9.41. The van der Waals surface area contributed by atoms with Crippen LogP contribution in [-0.2, 0) is 6.54 Å². The topological polar surface area (TPSA) is 65.4 Å². The number of rotatable bonds is 6. The average molecular weight is 387 g/mol. The van der Waals surface area contributed by atoms with Crippen LogP contribution in [0.15, 0.2) is 72.9 Å². The van der Waals surface area contributed by atoms with Crippen molar-refractivity contribution in [2.24, 2.45) is 0 Å². The maximum Gasteiger partial charge on any atom is 0.256 e. The molecule has 29 heavy (non-hydrogen) atoms. The molecule has 6 nitrogen and oxygen atoms in total. The van der Waals surface area contributed by atoms with Gasteiger partial charge in [-0.1, -0.05) is 42.5 Å². The standard InChI is InChI=1S/C23H21N3O3/c1-28-20-9-5-8-19(22(20)29-2)15-26-21(12-13-24-26)25-23(27)18-11-10-16-6-3-4-7-17(16)14-18/h3-14H,15H2,1-2H3,(H,25,27). The van der Waals surface area contributed by atoms with Crippen LogP contribution < -0.4 is 14.8 Å². The van der Waals surface area contributed by atoms with Gasteiger partial charge < -0.3 is 14.8 Å². The lowest BCUT2D eigenvalue weighted by Gasteiger charge is -2.14. The Morgan fingerprint density at radius 1 is 0.966 bits per heavy atom. The lowest BCUT2D eigenvalue weighted by atomic mass is 10.1. The number of amides is 1. The molecule has 0 aliphatic rings. The van der Waals surface area contributed by atoms with Gasteiger partial charge in [-0.2, -0.15) is 5.10 Å². The fraction of sp³-hybridized carbons (Fsp3) is 0.130. The molecule has 0 radical (unpaired) electrons. The van der Waals surface area contributed by atoms with Crippen molar-refractivity contribution in [3.8, 4) is 11.5 Å². The van der Waals surface area contributed by atoms with Crippen molar-refractivity contribution in [2.45, 2.75) is 6.54 Å². The zero-order valence-corrected chi connectivity index (χ0v) is 16.3. The lowest BCUT2D eigenvalue weighted by molar-refractivity contribution is 0.102. The summed E-state index contributed by atoms with van der Waals surface area (Å²) in [6.07, 6.45) is 1.66. The minimum atomic E-state index is -0.185. The van der Waals surface area contributed by atoms with E-state index in [1.165, 1.54) is 0 Å². The first-order valence-corrected chi connectivity index (χ1v) is 9.21. The highest BCUT2D eigenvalue weighted by Gasteiger charge is 2.14. The van der Waals surface area contributed by atoms with E-state index in [-0.39, 0.29) is 5.91 Å². The Labute approximate surface area is 168 Å². The number of para-hydroxylation sites is 1. The number of fused-ring (bicyclic) bond motifs is 1. The first-order chi connectivity index (χ1) is 14.2. The molecule has 146 valence electrons. The molecule has 0 bridgehead atoms. The van der Waals surface area contributed by atoms with Gasteiger partial charge >= 0.3 is 0 Å². The van der Waals surface area contributed by atoms with Crippen molar-refractivity contribution >= 4 is 22.5 Å². The van der Waals surface area contributed by atoms with Crippen molar-refractivity contribution in [3.05, 3.63) is 84.1 Å². The molecular formula is C23H21N3O3. The summed E-state index contributed by atoms with van der Waals surface area (Å²) in [6, 6.07) is 21.1. The normalized spacial score (nSPS) is 10.7. The van der Waals surface area contributed by atoms with Crippen molar-refractivity contribution in [1.82, 2.24) is 9.78 Å². The number of benzene rings is 3. The molecule has 0 saturated heterocycles. The molecule has 0 saturated carbocycles. The number of ether oxygens (including phenoxy) is 2. The molecule has 1 heterocycles. The van der Waals surface area contributed by atoms with Gasteiger partial charge in [0.25, 0.3) is 5.91 Å². The van der Waals surface area contributed by atoms with E-state index in [1.807, 2.05) is 60.7 Å². The summed E-state index contributed by atoms with van der Waals surface area (Å²) in [6.45, 7) is 0.431. The molecule has 1 aromatic heterocycles. The number of hydrogen-bond donors (Lipinski definition) is 1. The monoisotopic (exact) mass is 387 g/mol. The van der Waals surface area contributed by atoms with Gasteiger partial charge in [0.05, 0.1) is 27.0 Å². The van der Waals surface area contributed by atoms with E-state index in [2.05, 4.69) is 10.4 Å². The number of nitrogens with one attached hydrogen (secondary N) is 1. The molecule has 0 unspecified atom stereocenters. The Bertz CT molecular complexity index is 1170. The quantitative estimate of drug-likeness (QED) is 0.534. The second-order valence-electron chi connectivity index (χ2n) is 6.54. The SMILES string of the molecule is COc1cccc(Cn2nccc2NC(=O)c2ccc3ccccc3c2)c1OC. The largest absolute Gasteiger partial charge is 0.493 e. The van der Waals surface area contributed by atoms with Crippen LogP contribution in [0.3, 0.4) is 0 Å². The van der Waals surface area contributed by atoms with E-state index in [9.17, 15) is 4.79 Å². The van der Waals surface area contributed by atoms with Gasteiger partial charge in [-0.15, -0.1) is 0 Å². The number of carbonyl (C=O) groups is 1. The highest BCUT2D eigenvalue weighted by atomic mass is 16.5. The van der Waals surface area contributed by atoms with Crippen LogP contribution in [-0.4, -0.2) is 29.9 Å². The van der Waals surface area contributed by atoms with Gasteiger partial charge in [-0.3, -0.25) is 4.79 Å². The van der Waals surface area contributed by atoms with E-state index < -0.39 is 0 Å². The number of aromatic nitrogens is 2. The number of anilines is 1. The third kappa shape index (κ3) is 3.78. The molecule has 6 heteroatoms. The molecule has 0 atom stereocenters. The summed E-state index contributed by atoms with van der Waals surface area (Å²) >= 11 is 0. The molecule has 4 aromatic rings. The van der Waals surface area contributed by atoms with Crippen LogP contribution in [0.2, 0.25) is 0 Å². The van der Waals surface area contributed by atoms with Crippen molar-refractivity contribution < 1.29 is 14.3 Å². The molecule has 0 aliphatic carbocycles. The Hall–Kier alpha value is -3.80. The summed E-state index contributed by atoms with van der Waals surface area (Å²) in [7, 11) is 3.21. The Morgan fingerprint density at radius 3 is 2.59 bits per heavy atom. The fourth-order valence-corrected chi connectivity index (χ4v) is 3.32. The summed E-state index contributed by atoms with van der Waals surface area (Å²) in [4.78, 5) is 12.8. The van der Waals surface area contributed by atoms with Crippen molar-refractivity contribution in [2.75, 3.05) is 19.5 Å². The Morgan fingerprint density at radius 2 is 1.79 bits per heavy atom. The second-order valence-corrected chi connectivity index (χ2v) is 6.54. The number of methoxy groups -OCH3 is 2. The number of carbonyl (C=O) groups excluding carboxylic acids is 1. The molecule has 3 aromatic carbocycles. The Balaban J connectivity index is 1.57. The summed E-state index contributed by atoms with van der Waals surface area (Å²) in [5.74, 6) is 1.72. The third-order valence-corrected chi connectivity index (χ3v) is 4.77. The molecular weight excluding hydrogens is 366 g/mol. The third-order valence-electron chi connectivity index (χ3n) is 4.77. The predicted molar refractivity (Wildman–Crippen MR) is 113 cm³/mol. The van der Waals surface area contributed by atoms with Crippen LogP contribution in [0.5, 0.6) is 11.5 Å². The van der Waals surface area contributed by atoms with Crippen LogP contribution >= 0.6 is 0 Å². The zero-order chi connectivity index (χ0) is 20.2. The number of hydrogen-bond acceptors (Lipinski definition) is 4. The van der Waals surface area contributed by atoms with Crippen molar-refractivity contribution in [1.29, 1.82) is 0 Å². The summed E-state index contributed by atoms with van der Waals surface area (Å²) in [5.41, 5.74) is 1.49. The van der Waals surface area contributed by atoms with Crippen LogP contribution in [0, 0.1) is 0 Å². The number of nitrogens with zero attached hydrogens (tertiary/aromatic N) is 2. The van der Waals surface area contributed by atoms with Gasteiger partial charge in [0.1, 0.15) is 5.82 Å². The van der Waals surface area contributed by atoms with Gasteiger partial charge in [-0.05, 0) is 29.0 Å². The molecule has 1 N–H and O–H groups in total. The highest BCUT2D eigenvalue weighted by molar-refractivity contribution is 6.06. The van der Waals surface area contributed by atoms with E-state index in [4.69, 9.17) is 9.47 Å². The van der Waals surface area contributed by atoms with Crippen LogP contribution in [0.1, 0.15) is 15.9 Å². The summed E-state index contributed by atoms with van der Waals surface area (Å²) < 4.78 is 12.6. The van der Waals surface area contributed by atoms with Gasteiger partial charge in [-0.25, -0.2) is 4.68 Å². The molecule has 1 amide bonds. The fourth-order valence-electron chi connectivity index (χ4n) is 3.32. The van der Waals surface area contributed by atoms with Crippen LogP contribution in [0.25, 0.3) is 10.8 Å². The van der Waals surface area contributed by atoms with E-state index in [0.717, 1.165) is 16.3 Å². The lowest BCUT2D eigenvalue weighted by Crippen LogP contribution is -2.16. The zero-order valence-electron chi connectivity index (χ0n) is 16.3. The minimum absolute atomic E-state index is 0.185. The average Bonchev–Trinajstić information content (AvgIpc) is 3.19. The maximum atomic E-state index is 12.8. The molecule has 0 aliphatic heterocycles. The predicted octanol–water partition coefficient (Wildman–Crippen LogP) is 4.35.